The molecule has 0 fully saturated rings. The largest absolute Gasteiger partial charge is 0.493 e. The molecule has 0 unspecified atom stereocenters. The van der Waals surface area contributed by atoms with E-state index in [1.807, 2.05) is 61.7 Å². The van der Waals surface area contributed by atoms with Crippen LogP contribution in [0.4, 0.5) is 5.69 Å². The Morgan fingerprint density at radius 2 is 1.94 bits per heavy atom. The molecule has 0 saturated carbocycles. The first-order valence-corrected chi connectivity index (χ1v) is 6.60. The van der Waals surface area contributed by atoms with Crippen molar-refractivity contribution in [1.29, 1.82) is 0 Å². The van der Waals surface area contributed by atoms with Crippen LogP contribution in [-0.4, -0.2) is 12.8 Å². The number of rotatable bonds is 4. The maximum Gasteiger partial charge on any atom is 0.129 e. The number of ether oxygens (including phenoxy) is 1. The molecule has 0 saturated heterocycles. The Bertz CT molecular complexity index is 537. The van der Waals surface area contributed by atoms with Crippen LogP contribution in [0, 0.1) is 0 Å². The molecular formula is C15H14BrNO. The molecule has 18 heavy (non-hydrogen) atoms. The van der Waals surface area contributed by atoms with Crippen LogP contribution < -0.4 is 4.74 Å². The van der Waals surface area contributed by atoms with E-state index in [-0.39, 0.29) is 0 Å². The van der Waals surface area contributed by atoms with Gasteiger partial charge in [-0.25, -0.2) is 0 Å². The molecule has 3 heteroatoms. The second kappa shape index (κ2) is 6.36. The standard InChI is InChI=1S/C15H14BrNO/c1-2-18-15-10-13(16)9-8-12(15)11-17-14-6-4-3-5-7-14/h3-11H,2H2,1H3. The van der Waals surface area contributed by atoms with Gasteiger partial charge in [-0.2, -0.15) is 0 Å². The number of para-hydroxylation sites is 1. The van der Waals surface area contributed by atoms with Gasteiger partial charge in [0.15, 0.2) is 0 Å². The molecule has 0 heterocycles. The Hall–Kier alpha value is -1.61. The molecule has 2 aromatic carbocycles. The van der Waals surface area contributed by atoms with Gasteiger partial charge in [0.05, 0.1) is 12.3 Å². The summed E-state index contributed by atoms with van der Waals surface area (Å²) < 4.78 is 6.59. The van der Waals surface area contributed by atoms with E-state index in [1.165, 1.54) is 0 Å². The number of aliphatic imine (C=N–C) groups is 1. The highest BCUT2D eigenvalue weighted by molar-refractivity contribution is 9.10. The van der Waals surface area contributed by atoms with E-state index in [9.17, 15) is 0 Å². The van der Waals surface area contributed by atoms with Crippen LogP contribution in [0.5, 0.6) is 5.75 Å². The number of hydrogen-bond acceptors (Lipinski definition) is 2. The van der Waals surface area contributed by atoms with Crippen LogP contribution in [0.15, 0.2) is 58.0 Å². The average molecular weight is 304 g/mol. The summed E-state index contributed by atoms with van der Waals surface area (Å²) in [5.74, 6) is 0.839. The third-order valence-electron chi connectivity index (χ3n) is 2.38. The summed E-state index contributed by atoms with van der Waals surface area (Å²) in [5, 5.41) is 0. The van der Waals surface area contributed by atoms with Crippen molar-refractivity contribution in [2.75, 3.05) is 6.61 Å². The number of nitrogens with zero attached hydrogens (tertiary/aromatic N) is 1. The molecule has 0 bridgehead atoms. The number of halogens is 1. The fourth-order valence-corrected chi connectivity index (χ4v) is 1.89. The van der Waals surface area contributed by atoms with Crippen molar-refractivity contribution >= 4 is 27.8 Å². The Labute approximate surface area is 115 Å². The summed E-state index contributed by atoms with van der Waals surface area (Å²) in [5.41, 5.74) is 1.91. The maximum absolute atomic E-state index is 5.58. The third kappa shape index (κ3) is 3.44. The zero-order valence-corrected chi connectivity index (χ0v) is 11.7. The highest BCUT2D eigenvalue weighted by Gasteiger charge is 2.01. The predicted molar refractivity (Wildman–Crippen MR) is 79.0 cm³/mol. The second-order valence-electron chi connectivity index (χ2n) is 3.71. The van der Waals surface area contributed by atoms with Crippen LogP contribution in [0.3, 0.4) is 0 Å². The first-order chi connectivity index (χ1) is 8.79. The fourth-order valence-electron chi connectivity index (χ4n) is 1.55. The summed E-state index contributed by atoms with van der Waals surface area (Å²) in [7, 11) is 0. The number of hydrogen-bond donors (Lipinski definition) is 0. The summed E-state index contributed by atoms with van der Waals surface area (Å²) in [6.45, 7) is 2.61. The third-order valence-corrected chi connectivity index (χ3v) is 2.88. The lowest BCUT2D eigenvalue weighted by Gasteiger charge is -2.07. The van der Waals surface area contributed by atoms with Gasteiger partial charge in [0.2, 0.25) is 0 Å². The molecule has 0 N–H and O–H groups in total. The van der Waals surface area contributed by atoms with E-state index < -0.39 is 0 Å². The molecule has 0 aliphatic heterocycles. The maximum atomic E-state index is 5.58. The smallest absolute Gasteiger partial charge is 0.129 e. The van der Waals surface area contributed by atoms with Gasteiger partial charge in [0, 0.05) is 16.3 Å². The molecule has 0 radical (unpaired) electrons. The van der Waals surface area contributed by atoms with Crippen molar-refractivity contribution in [1.82, 2.24) is 0 Å². The molecule has 2 rings (SSSR count). The normalized spacial score (nSPS) is 10.8. The first-order valence-electron chi connectivity index (χ1n) is 5.81. The fraction of sp³-hybridized carbons (Fsp3) is 0.133. The van der Waals surface area contributed by atoms with Crippen molar-refractivity contribution in [2.24, 2.45) is 4.99 Å². The van der Waals surface area contributed by atoms with Crippen molar-refractivity contribution in [3.05, 3.63) is 58.6 Å². The Morgan fingerprint density at radius 3 is 2.67 bits per heavy atom. The molecule has 0 aromatic heterocycles. The molecule has 0 atom stereocenters. The van der Waals surface area contributed by atoms with E-state index in [4.69, 9.17) is 4.74 Å². The van der Waals surface area contributed by atoms with Crippen LogP contribution in [-0.2, 0) is 0 Å². The zero-order chi connectivity index (χ0) is 12.8. The second-order valence-corrected chi connectivity index (χ2v) is 4.62. The minimum Gasteiger partial charge on any atom is -0.493 e. The SMILES string of the molecule is CCOc1cc(Br)ccc1C=Nc1ccccc1. The lowest BCUT2D eigenvalue weighted by atomic mass is 10.2. The molecule has 0 aliphatic rings. The molecule has 2 aromatic rings. The monoisotopic (exact) mass is 303 g/mol. The van der Waals surface area contributed by atoms with Crippen molar-refractivity contribution in [3.8, 4) is 5.75 Å². The van der Waals surface area contributed by atoms with E-state index in [0.717, 1.165) is 21.5 Å². The zero-order valence-electron chi connectivity index (χ0n) is 10.1. The summed E-state index contributed by atoms with van der Waals surface area (Å²) >= 11 is 3.44. The minimum absolute atomic E-state index is 0.641. The lowest BCUT2D eigenvalue weighted by molar-refractivity contribution is 0.339. The molecule has 92 valence electrons. The van der Waals surface area contributed by atoms with Crippen LogP contribution in [0.2, 0.25) is 0 Å². The van der Waals surface area contributed by atoms with Gasteiger partial charge >= 0.3 is 0 Å². The quantitative estimate of drug-likeness (QED) is 0.757. The van der Waals surface area contributed by atoms with Gasteiger partial charge in [0.1, 0.15) is 5.75 Å². The van der Waals surface area contributed by atoms with Gasteiger partial charge in [-0.05, 0) is 37.3 Å². The van der Waals surface area contributed by atoms with Gasteiger partial charge < -0.3 is 4.74 Å². The Kier molecular flexibility index (Phi) is 4.53. The summed E-state index contributed by atoms with van der Waals surface area (Å²) in [6.07, 6.45) is 1.83. The number of benzene rings is 2. The van der Waals surface area contributed by atoms with Gasteiger partial charge in [-0.3, -0.25) is 4.99 Å². The Balaban J connectivity index is 2.25. The average Bonchev–Trinajstić information content (AvgIpc) is 2.39. The van der Waals surface area contributed by atoms with E-state index in [2.05, 4.69) is 20.9 Å². The first kappa shape index (κ1) is 12.8. The van der Waals surface area contributed by atoms with Crippen LogP contribution >= 0.6 is 15.9 Å². The van der Waals surface area contributed by atoms with E-state index in [1.54, 1.807) is 0 Å². The highest BCUT2D eigenvalue weighted by atomic mass is 79.9. The van der Waals surface area contributed by atoms with Crippen LogP contribution in [0.25, 0.3) is 0 Å². The molecular weight excluding hydrogens is 290 g/mol. The highest BCUT2D eigenvalue weighted by Crippen LogP contribution is 2.23. The topological polar surface area (TPSA) is 21.6 Å². The predicted octanol–water partition coefficient (Wildman–Crippen LogP) is 4.60. The molecule has 0 spiro atoms. The minimum atomic E-state index is 0.641. The summed E-state index contributed by atoms with van der Waals surface area (Å²) in [4.78, 5) is 4.43. The van der Waals surface area contributed by atoms with Gasteiger partial charge in [-0.1, -0.05) is 34.1 Å². The van der Waals surface area contributed by atoms with Crippen molar-refractivity contribution in [2.45, 2.75) is 6.92 Å². The Morgan fingerprint density at radius 1 is 1.17 bits per heavy atom. The van der Waals surface area contributed by atoms with Crippen LogP contribution in [0.1, 0.15) is 12.5 Å². The molecule has 0 amide bonds. The van der Waals surface area contributed by atoms with Crippen molar-refractivity contribution < 1.29 is 4.74 Å². The van der Waals surface area contributed by atoms with Gasteiger partial charge in [0.25, 0.3) is 0 Å². The van der Waals surface area contributed by atoms with E-state index >= 15 is 0 Å². The van der Waals surface area contributed by atoms with E-state index in [0.29, 0.717) is 6.61 Å². The molecule has 2 nitrogen and oxygen atoms in total. The summed E-state index contributed by atoms with van der Waals surface area (Å²) in [6, 6.07) is 15.8. The van der Waals surface area contributed by atoms with Crippen molar-refractivity contribution in [3.63, 3.8) is 0 Å². The lowest BCUT2D eigenvalue weighted by Crippen LogP contribution is -1.95. The molecule has 0 aliphatic carbocycles. The van der Waals surface area contributed by atoms with Gasteiger partial charge in [-0.15, -0.1) is 0 Å².